The zero-order valence-electron chi connectivity index (χ0n) is 12.7. The molecule has 0 saturated heterocycles. The lowest BCUT2D eigenvalue weighted by atomic mass is 10.2. The summed E-state index contributed by atoms with van der Waals surface area (Å²) >= 11 is 0. The lowest BCUT2D eigenvalue weighted by molar-refractivity contribution is -0.398. The lowest BCUT2D eigenvalue weighted by Gasteiger charge is -2.06. The van der Waals surface area contributed by atoms with Gasteiger partial charge in [-0.05, 0) is 17.9 Å². The van der Waals surface area contributed by atoms with Gasteiger partial charge in [0.1, 0.15) is 5.69 Å². The van der Waals surface area contributed by atoms with E-state index in [-0.39, 0.29) is 17.8 Å². The molecule has 10 heteroatoms. The van der Waals surface area contributed by atoms with E-state index in [4.69, 9.17) is 0 Å². The fourth-order valence-electron chi connectivity index (χ4n) is 1.72. The number of nitrogens with zero attached hydrogens (tertiary/aromatic N) is 3. The Morgan fingerprint density at radius 1 is 1.28 bits per heavy atom. The van der Waals surface area contributed by atoms with Gasteiger partial charge in [0, 0.05) is 17.8 Å². The number of hydrogen-bond acceptors (Lipinski definition) is 7. The molecular formula is C15H12N5O5-. The topological polar surface area (TPSA) is 150 Å². The highest BCUT2D eigenvalue weighted by Crippen LogP contribution is 2.22. The van der Waals surface area contributed by atoms with Crippen LogP contribution >= 0.6 is 0 Å². The number of nitro benzene ring substituents is 1. The van der Waals surface area contributed by atoms with E-state index in [0.29, 0.717) is 0 Å². The van der Waals surface area contributed by atoms with Crippen LogP contribution in [0.2, 0.25) is 0 Å². The zero-order chi connectivity index (χ0) is 18.2. The van der Waals surface area contributed by atoms with E-state index in [9.17, 15) is 24.8 Å². The Labute approximate surface area is 141 Å². The third kappa shape index (κ3) is 5.10. The Morgan fingerprint density at radius 2 is 2.08 bits per heavy atom. The van der Waals surface area contributed by atoms with Crippen molar-refractivity contribution in [2.24, 2.45) is 5.10 Å². The van der Waals surface area contributed by atoms with Gasteiger partial charge >= 0.3 is 0 Å². The molecule has 2 amide bonds. The monoisotopic (exact) mass is 342 g/mol. The molecule has 128 valence electrons. The van der Waals surface area contributed by atoms with Gasteiger partial charge in [-0.25, -0.2) is 5.43 Å². The number of rotatable bonds is 6. The van der Waals surface area contributed by atoms with Gasteiger partial charge in [0.25, 0.3) is 17.5 Å². The summed E-state index contributed by atoms with van der Waals surface area (Å²) in [5.41, 5.74) is 2.00. The number of aromatic nitrogens is 1. The van der Waals surface area contributed by atoms with Crippen molar-refractivity contribution < 1.29 is 19.6 Å². The number of carbonyl (C=O) groups is 2. The quantitative estimate of drug-likeness (QED) is 0.426. The summed E-state index contributed by atoms with van der Waals surface area (Å²) < 4.78 is 0. The Morgan fingerprint density at radius 3 is 2.76 bits per heavy atom. The maximum absolute atomic E-state index is 11.7. The maximum atomic E-state index is 11.7. The molecule has 2 rings (SSSR count). The van der Waals surface area contributed by atoms with Gasteiger partial charge in [0.15, 0.2) is 0 Å². The molecule has 2 N–H and O–H groups in total. The molecule has 0 atom stereocenters. The second-order valence-electron chi connectivity index (χ2n) is 4.68. The van der Waals surface area contributed by atoms with Crippen LogP contribution < -0.4 is 15.8 Å². The van der Waals surface area contributed by atoms with Gasteiger partial charge in [-0.3, -0.25) is 24.7 Å². The number of nitro groups is 1. The molecule has 0 fully saturated rings. The predicted molar refractivity (Wildman–Crippen MR) is 84.8 cm³/mol. The molecular weight excluding hydrogens is 330 g/mol. The van der Waals surface area contributed by atoms with E-state index in [0.717, 1.165) is 18.3 Å². The number of hydrazone groups is 1. The largest absolute Gasteiger partial charge is 0.868 e. The summed E-state index contributed by atoms with van der Waals surface area (Å²) in [4.78, 5) is 37.0. The third-order valence-electron chi connectivity index (χ3n) is 2.89. The molecule has 0 unspecified atom stereocenters. The Balaban J connectivity index is 1.85. The number of carbonyl (C=O) groups excluding carboxylic acids is 2. The first-order valence-electron chi connectivity index (χ1n) is 6.94. The summed E-state index contributed by atoms with van der Waals surface area (Å²) in [7, 11) is 0. The van der Waals surface area contributed by atoms with Crippen LogP contribution in [0.1, 0.15) is 16.1 Å². The highest BCUT2D eigenvalue weighted by Gasteiger charge is 2.09. The molecule has 0 radical (unpaired) electrons. The molecule has 1 heterocycles. The van der Waals surface area contributed by atoms with Crippen molar-refractivity contribution in [3.8, 4) is 5.75 Å². The average molecular weight is 342 g/mol. The number of amides is 2. The average Bonchev–Trinajstić information content (AvgIpc) is 2.61. The second kappa shape index (κ2) is 8.15. The first kappa shape index (κ1) is 17.5. The molecule has 0 bridgehead atoms. The molecule has 10 nitrogen and oxygen atoms in total. The molecule has 0 saturated carbocycles. The van der Waals surface area contributed by atoms with Crippen molar-refractivity contribution in [2.45, 2.75) is 0 Å². The molecule has 0 aliphatic rings. The summed E-state index contributed by atoms with van der Waals surface area (Å²) in [5.74, 6) is -1.83. The number of hydrogen-bond donors (Lipinski definition) is 2. The van der Waals surface area contributed by atoms with E-state index in [1.807, 2.05) is 0 Å². The SMILES string of the molecule is O=C(CNC(=O)c1ccccn1)NN=Cc1ccc([O-])c([N+](=O)[O-])c1. The van der Waals surface area contributed by atoms with Crippen molar-refractivity contribution >= 4 is 23.7 Å². The second-order valence-corrected chi connectivity index (χ2v) is 4.68. The van der Waals surface area contributed by atoms with Crippen molar-refractivity contribution in [2.75, 3.05) is 6.54 Å². The summed E-state index contributed by atoms with van der Waals surface area (Å²) in [6, 6.07) is 8.20. The lowest BCUT2D eigenvalue weighted by Crippen LogP contribution is -2.35. The third-order valence-corrected chi connectivity index (χ3v) is 2.89. The highest BCUT2D eigenvalue weighted by molar-refractivity contribution is 5.94. The van der Waals surface area contributed by atoms with E-state index >= 15 is 0 Å². The molecule has 1 aromatic heterocycles. The van der Waals surface area contributed by atoms with Gasteiger partial charge in [0.05, 0.1) is 17.7 Å². The summed E-state index contributed by atoms with van der Waals surface area (Å²) in [6.07, 6.45) is 2.59. The zero-order valence-corrected chi connectivity index (χ0v) is 12.7. The predicted octanol–water partition coefficient (Wildman–Crippen LogP) is -0.0565. The van der Waals surface area contributed by atoms with Gasteiger partial charge in [-0.1, -0.05) is 18.2 Å². The number of nitrogens with one attached hydrogen (secondary N) is 2. The molecule has 0 spiro atoms. The fraction of sp³-hybridized carbons (Fsp3) is 0.0667. The Bertz CT molecular complexity index is 822. The summed E-state index contributed by atoms with van der Waals surface area (Å²) in [6.45, 7) is -0.327. The van der Waals surface area contributed by atoms with Gasteiger partial charge in [0.2, 0.25) is 0 Å². The van der Waals surface area contributed by atoms with E-state index in [2.05, 4.69) is 20.8 Å². The number of benzene rings is 1. The standard InChI is InChI=1S/C15H13N5O5/c21-13-5-4-10(7-12(13)20(24)25)8-18-19-14(22)9-17-15(23)11-3-1-2-6-16-11/h1-8,21H,9H2,(H,17,23)(H,19,22)/p-1. The van der Waals surface area contributed by atoms with Crippen molar-refractivity contribution in [1.82, 2.24) is 15.7 Å². The van der Waals surface area contributed by atoms with Crippen LogP contribution in [0.3, 0.4) is 0 Å². The van der Waals surface area contributed by atoms with Crippen LogP contribution in [0.15, 0.2) is 47.7 Å². The Hall–Kier alpha value is -3.82. The first-order chi connectivity index (χ1) is 12.0. The molecule has 0 aliphatic carbocycles. The van der Waals surface area contributed by atoms with Crippen LogP contribution in [0.25, 0.3) is 0 Å². The first-order valence-corrected chi connectivity index (χ1v) is 6.94. The Kier molecular flexibility index (Phi) is 5.72. The molecule has 0 aliphatic heterocycles. The minimum Gasteiger partial charge on any atom is -0.868 e. The van der Waals surface area contributed by atoms with E-state index in [1.54, 1.807) is 12.1 Å². The van der Waals surface area contributed by atoms with Crippen molar-refractivity contribution in [1.29, 1.82) is 0 Å². The number of pyridine rings is 1. The maximum Gasteiger partial charge on any atom is 0.270 e. The minimum absolute atomic E-state index is 0.170. The molecule has 1 aromatic carbocycles. The van der Waals surface area contributed by atoms with Crippen LogP contribution in [-0.4, -0.2) is 34.5 Å². The van der Waals surface area contributed by atoms with E-state index in [1.165, 1.54) is 18.3 Å². The minimum atomic E-state index is -0.800. The normalized spacial score (nSPS) is 10.4. The van der Waals surface area contributed by atoms with Gasteiger partial charge in [-0.2, -0.15) is 5.10 Å². The van der Waals surface area contributed by atoms with E-state index < -0.39 is 28.2 Å². The summed E-state index contributed by atoms with van der Waals surface area (Å²) in [5, 5.41) is 27.9. The highest BCUT2D eigenvalue weighted by atomic mass is 16.6. The fourth-order valence-corrected chi connectivity index (χ4v) is 1.72. The van der Waals surface area contributed by atoms with Crippen LogP contribution in [0.5, 0.6) is 5.75 Å². The van der Waals surface area contributed by atoms with Crippen molar-refractivity contribution in [3.05, 3.63) is 64.0 Å². The van der Waals surface area contributed by atoms with Gasteiger partial charge < -0.3 is 10.4 Å². The van der Waals surface area contributed by atoms with Gasteiger partial charge in [-0.15, -0.1) is 0 Å². The van der Waals surface area contributed by atoms with Crippen molar-refractivity contribution in [3.63, 3.8) is 0 Å². The smallest absolute Gasteiger partial charge is 0.270 e. The molecule has 25 heavy (non-hydrogen) atoms. The molecule has 2 aromatic rings. The van der Waals surface area contributed by atoms with Crippen LogP contribution in [-0.2, 0) is 4.79 Å². The van der Waals surface area contributed by atoms with Crippen LogP contribution in [0, 0.1) is 10.1 Å². The van der Waals surface area contributed by atoms with Crippen LogP contribution in [0.4, 0.5) is 5.69 Å².